The molecule has 0 aliphatic rings. The van der Waals surface area contributed by atoms with Crippen molar-refractivity contribution in [3.63, 3.8) is 0 Å². The van der Waals surface area contributed by atoms with E-state index in [1.807, 2.05) is 0 Å². The van der Waals surface area contributed by atoms with Crippen LogP contribution in [0.5, 0.6) is 0 Å². The molecule has 0 aromatic rings. The van der Waals surface area contributed by atoms with Crippen LogP contribution in [0.25, 0.3) is 0 Å². The van der Waals surface area contributed by atoms with Crippen LogP contribution in [-0.4, -0.2) is 338 Å². The van der Waals surface area contributed by atoms with E-state index in [1.54, 1.807) is 94.1 Å². The number of hydrogen-bond acceptors (Lipinski definition) is 38. The highest BCUT2D eigenvalue weighted by atomic mass is 32.2. The lowest BCUT2D eigenvalue weighted by Crippen LogP contribution is -2.33. The lowest BCUT2D eigenvalue weighted by atomic mass is 10.4. The topological polar surface area (TPSA) is 389 Å². The van der Waals surface area contributed by atoms with Gasteiger partial charge in [0.15, 0.2) is 0 Å². The van der Waals surface area contributed by atoms with E-state index in [4.69, 9.17) is 106 Å². The Kier molecular flexibility index (Phi) is 82.8. The molecule has 0 aromatic heterocycles. The first-order chi connectivity index (χ1) is 51.4. The van der Waals surface area contributed by atoms with Crippen LogP contribution in [0.3, 0.4) is 0 Å². The zero-order valence-corrected chi connectivity index (χ0v) is 66.3. The number of rotatable bonds is 92. The highest BCUT2D eigenvalue weighted by Gasteiger charge is 2.22. The maximum absolute atomic E-state index is 11.1. The monoisotopic (exact) mass is 1670 g/mol. The summed E-state index contributed by atoms with van der Waals surface area (Å²) in [5, 5.41) is 54.1. The van der Waals surface area contributed by atoms with E-state index >= 15 is 0 Å². The third-order valence-corrected chi connectivity index (χ3v) is 22.1. The van der Waals surface area contributed by atoms with Crippen molar-refractivity contribution in [1.29, 1.82) is 0 Å². The van der Waals surface area contributed by atoms with Crippen molar-refractivity contribution in [2.75, 3.05) is 261 Å². The molecule has 0 amide bonds. The third-order valence-electron chi connectivity index (χ3n) is 11.6. The zero-order valence-electron chi connectivity index (χ0n) is 59.7. The van der Waals surface area contributed by atoms with Crippen LogP contribution in [0.1, 0.15) is 25.7 Å². The predicted octanol–water partition coefficient (Wildman–Crippen LogP) is 7.25. The number of carboxylic acids is 4. The van der Waals surface area contributed by atoms with Crippen LogP contribution in [0.4, 0.5) is 0 Å². The standard InChI is InChI=1S/C63H112O34S8/c1-5-86-94-90-21-17-72-25-33-100-50-57(104-35-27-74-19-23-92-96-88-7-3)42-81-38-55(85-44-59(105-36-28-75-20-24-93-97-89-8-4)52-101-34-26-73-18-22-91-95-87-6-2)40-83-53-82-39-54(84-43-58(103-32-12-16-79-48-63(70)71)51-99-30-10-14-77-46-61(66)67)37-80-41-56(102-31-11-15-78-47-62(68)69)49-98-29-9-13-76-45-60(64)65/h5-8,54-59H,1-4,9-53H2,(H,64,65)(H,66,67)(H,68,69)(H,70,71). The van der Waals surface area contributed by atoms with Crippen molar-refractivity contribution < 1.29 is 165 Å². The number of carboxylic acid groups (broad SMARTS) is 4. The summed E-state index contributed by atoms with van der Waals surface area (Å²) in [6.45, 7) is 18.2. The Morgan fingerprint density at radius 3 is 0.876 bits per heavy atom. The van der Waals surface area contributed by atoms with Gasteiger partial charge in [-0.05, 0) is 68.8 Å². The molecular weight excluding hydrogens is 1560 g/mol. The molecule has 0 aromatic carbocycles. The summed E-state index contributed by atoms with van der Waals surface area (Å²) in [6.07, 6.45) is 5.71. The van der Waals surface area contributed by atoms with Gasteiger partial charge in [0.05, 0.1) is 106 Å². The Balaban J connectivity index is 6.76. The highest BCUT2D eigenvalue weighted by molar-refractivity contribution is 8.04. The minimum Gasteiger partial charge on any atom is -0.480 e. The molecule has 4 N–H and O–H groups in total. The van der Waals surface area contributed by atoms with Gasteiger partial charge in [0.2, 0.25) is 0 Å². The molecule has 105 heavy (non-hydrogen) atoms. The van der Waals surface area contributed by atoms with Crippen LogP contribution < -0.4 is 0 Å². The van der Waals surface area contributed by atoms with E-state index in [2.05, 4.69) is 66.0 Å². The van der Waals surface area contributed by atoms with Crippen molar-refractivity contribution in [2.24, 2.45) is 0 Å². The molecule has 0 saturated heterocycles. The van der Waals surface area contributed by atoms with E-state index < -0.39 is 42.7 Å². The maximum atomic E-state index is 11.1. The van der Waals surface area contributed by atoms with Gasteiger partial charge in [-0.15, -0.1) is 0 Å². The molecule has 0 fully saturated rings. The average molecular weight is 1670 g/mol. The number of carbonyl (C=O) groups is 4. The Hall–Kier alpha value is -2.04. The SMILES string of the molecule is C=COOOCCOCCSCC(COCC(COCOCC(COCC(CSCCCOCC(=O)O)SCCCOCC(=O)O)OCC(CSCCCOCC(=O)O)SCCCOCC(=O)O)OCC(CSCCOCCOOOC=C)SCCOCCOOOC=C)SCCOCCOOOC=C. The minimum absolute atomic E-state index is 0.00613. The summed E-state index contributed by atoms with van der Waals surface area (Å²) in [5.41, 5.74) is 0. The summed E-state index contributed by atoms with van der Waals surface area (Å²) in [4.78, 5) is 81.7. The Morgan fingerprint density at radius 2 is 0.562 bits per heavy atom. The fourth-order valence-corrected chi connectivity index (χ4v) is 16.2. The first-order valence-corrected chi connectivity index (χ1v) is 42.3. The molecule has 0 rings (SSSR count). The normalized spacial score (nSPS) is 13.2. The van der Waals surface area contributed by atoms with Crippen LogP contribution in [-0.2, 0) is 145 Å². The number of thioether (sulfide) groups is 8. The Bertz CT molecular complexity index is 1980. The third kappa shape index (κ3) is 81.3. The molecule has 0 aliphatic carbocycles. The van der Waals surface area contributed by atoms with Crippen molar-refractivity contribution in [3.05, 3.63) is 51.4 Å². The fourth-order valence-electron chi connectivity index (χ4n) is 7.20. The Morgan fingerprint density at radius 1 is 0.286 bits per heavy atom. The summed E-state index contributed by atoms with van der Waals surface area (Å²) >= 11 is 13.5. The van der Waals surface area contributed by atoms with E-state index in [0.29, 0.717) is 149 Å². The minimum atomic E-state index is -1.05. The van der Waals surface area contributed by atoms with Gasteiger partial charge in [0, 0.05) is 93.5 Å². The molecule has 6 atom stereocenters. The summed E-state index contributed by atoms with van der Waals surface area (Å²) in [6, 6.07) is 0. The molecule has 0 bridgehead atoms. The van der Waals surface area contributed by atoms with Crippen molar-refractivity contribution in [2.45, 2.75) is 58.9 Å². The number of aliphatic carboxylic acids is 4. The summed E-state index contributed by atoms with van der Waals surface area (Å²) in [7, 11) is 0. The smallest absolute Gasteiger partial charge is 0.329 e. The fraction of sp³-hybridized carbons (Fsp3) is 0.810. The van der Waals surface area contributed by atoms with Crippen LogP contribution in [0, 0.1) is 0 Å². The van der Waals surface area contributed by atoms with Gasteiger partial charge in [-0.1, -0.05) is 26.3 Å². The maximum Gasteiger partial charge on any atom is 0.329 e. The molecule has 6 unspecified atom stereocenters. The van der Waals surface area contributed by atoms with E-state index in [0.717, 1.165) is 36.6 Å². The van der Waals surface area contributed by atoms with Crippen molar-refractivity contribution in [3.8, 4) is 0 Å². The van der Waals surface area contributed by atoms with Crippen LogP contribution in [0.15, 0.2) is 51.4 Å². The van der Waals surface area contributed by atoms with Gasteiger partial charge in [0.25, 0.3) is 0 Å². The van der Waals surface area contributed by atoms with Gasteiger partial charge < -0.3 is 106 Å². The molecule has 0 aliphatic heterocycles. The molecule has 0 radical (unpaired) electrons. The average Bonchev–Trinajstić information content (AvgIpc) is 1.25. The van der Waals surface area contributed by atoms with Gasteiger partial charge >= 0.3 is 23.9 Å². The molecule has 0 heterocycles. The largest absolute Gasteiger partial charge is 0.480 e. The van der Waals surface area contributed by atoms with Crippen molar-refractivity contribution in [1.82, 2.24) is 0 Å². The molecule has 0 saturated carbocycles. The first-order valence-electron chi connectivity index (χ1n) is 33.5. The summed E-state index contributed by atoms with van der Waals surface area (Å²) < 4.78 is 82.7. The van der Waals surface area contributed by atoms with Crippen LogP contribution in [0.2, 0.25) is 0 Å². The summed E-state index contributed by atoms with van der Waals surface area (Å²) in [5.74, 6) is 4.03. The predicted molar refractivity (Wildman–Crippen MR) is 401 cm³/mol. The second kappa shape index (κ2) is 84.4. The molecule has 616 valence electrons. The first kappa shape index (κ1) is 103. The van der Waals surface area contributed by atoms with Gasteiger partial charge in [0.1, 0.15) is 96.9 Å². The van der Waals surface area contributed by atoms with Crippen molar-refractivity contribution >= 4 is 118 Å². The lowest BCUT2D eigenvalue weighted by molar-refractivity contribution is -0.490. The molecule has 42 heteroatoms. The van der Waals surface area contributed by atoms with E-state index in [1.165, 1.54) is 0 Å². The van der Waals surface area contributed by atoms with Gasteiger partial charge in [-0.3, -0.25) is 0 Å². The molecule has 0 spiro atoms. The molecular formula is C63H112O34S8. The highest BCUT2D eigenvalue weighted by Crippen LogP contribution is 2.24. The quantitative estimate of drug-likeness (QED) is 0.0153. The lowest BCUT2D eigenvalue weighted by Gasteiger charge is -2.25. The zero-order chi connectivity index (χ0) is 76.5. The second-order valence-electron chi connectivity index (χ2n) is 20.4. The number of ether oxygens (including phenoxy) is 14. The van der Waals surface area contributed by atoms with Crippen LogP contribution >= 0.6 is 94.1 Å². The molecule has 34 nitrogen and oxygen atoms in total. The van der Waals surface area contributed by atoms with E-state index in [9.17, 15) is 19.2 Å². The Labute approximate surface area is 650 Å². The van der Waals surface area contributed by atoms with E-state index in [-0.39, 0.29) is 140 Å². The number of hydrogen-bond donors (Lipinski definition) is 4. The van der Waals surface area contributed by atoms with Gasteiger partial charge in [-0.2, -0.15) is 114 Å². The van der Waals surface area contributed by atoms with Gasteiger partial charge in [-0.25, -0.2) is 19.2 Å². The second-order valence-corrected chi connectivity index (χ2v) is 30.6.